The minimum absolute atomic E-state index is 0.0534. The molecule has 1 unspecified atom stereocenters. The van der Waals surface area contributed by atoms with Gasteiger partial charge >= 0.3 is 0 Å². The van der Waals surface area contributed by atoms with E-state index < -0.39 is 10.2 Å². The molecule has 0 radical (unpaired) electrons. The fraction of sp³-hybridized carbons (Fsp3) is 0.875. The second kappa shape index (κ2) is 5.37. The van der Waals surface area contributed by atoms with Crippen LogP contribution in [0.3, 0.4) is 0 Å². The lowest BCUT2D eigenvalue weighted by atomic mass is 10.1. The molecular formula is C8H18N4O2S2. The van der Waals surface area contributed by atoms with Crippen molar-refractivity contribution in [3.63, 3.8) is 0 Å². The largest absolute Gasteiger partial charge is 0.392 e. The Labute approximate surface area is 102 Å². The number of rotatable bonds is 4. The number of nitrogens with zero attached hydrogens (tertiary/aromatic N) is 2. The predicted octanol–water partition coefficient (Wildman–Crippen LogP) is -1.13. The van der Waals surface area contributed by atoms with Crippen LogP contribution < -0.4 is 10.9 Å². The quantitative estimate of drug-likeness (QED) is 0.628. The van der Waals surface area contributed by atoms with E-state index in [1.807, 2.05) is 6.92 Å². The lowest BCUT2D eigenvalue weighted by Gasteiger charge is -2.37. The Morgan fingerprint density at radius 1 is 1.38 bits per heavy atom. The van der Waals surface area contributed by atoms with Crippen LogP contribution in [0, 0.1) is 0 Å². The molecule has 1 rings (SSSR count). The number of hydrogen-bond acceptors (Lipinski definition) is 4. The zero-order valence-corrected chi connectivity index (χ0v) is 10.9. The molecule has 6 nitrogen and oxygen atoms in total. The van der Waals surface area contributed by atoms with Crippen molar-refractivity contribution < 1.29 is 8.42 Å². The van der Waals surface area contributed by atoms with Crippen LogP contribution in [0.2, 0.25) is 0 Å². The van der Waals surface area contributed by atoms with E-state index in [0.717, 1.165) is 6.42 Å². The Hall–Kier alpha value is -0.280. The summed E-state index contributed by atoms with van der Waals surface area (Å²) >= 11 is 4.98. The smallest absolute Gasteiger partial charge is 0.276 e. The molecule has 8 heteroatoms. The summed E-state index contributed by atoms with van der Waals surface area (Å²) in [5, 5.41) is 5.05. The molecule has 0 aromatic carbocycles. The van der Waals surface area contributed by atoms with Gasteiger partial charge in [-0.05, 0) is 6.42 Å². The molecule has 1 atom stereocenters. The fourth-order valence-electron chi connectivity index (χ4n) is 1.91. The Morgan fingerprint density at radius 2 is 1.88 bits per heavy atom. The van der Waals surface area contributed by atoms with Crippen molar-refractivity contribution in [2.45, 2.75) is 19.4 Å². The molecule has 0 aromatic heterocycles. The van der Waals surface area contributed by atoms with Gasteiger partial charge in [-0.25, -0.2) is 5.14 Å². The van der Waals surface area contributed by atoms with Gasteiger partial charge in [-0.1, -0.05) is 19.1 Å². The van der Waals surface area contributed by atoms with Crippen molar-refractivity contribution in [2.75, 3.05) is 26.2 Å². The number of piperazine rings is 1. The molecule has 1 heterocycles. The van der Waals surface area contributed by atoms with Crippen molar-refractivity contribution in [1.82, 2.24) is 9.21 Å². The zero-order valence-electron chi connectivity index (χ0n) is 9.30. The Kier molecular flexibility index (Phi) is 4.62. The summed E-state index contributed by atoms with van der Waals surface area (Å²) < 4.78 is 23.5. The molecule has 16 heavy (non-hydrogen) atoms. The third kappa shape index (κ3) is 3.36. The topological polar surface area (TPSA) is 92.7 Å². The number of nitrogens with two attached hydrogens (primary N) is 2. The third-order valence-corrected chi connectivity index (χ3v) is 4.15. The van der Waals surface area contributed by atoms with E-state index in [2.05, 4.69) is 4.90 Å². The van der Waals surface area contributed by atoms with Crippen molar-refractivity contribution in [1.29, 1.82) is 0 Å². The van der Waals surface area contributed by atoms with E-state index in [9.17, 15) is 8.42 Å². The molecule has 0 aromatic rings. The highest BCUT2D eigenvalue weighted by Crippen LogP contribution is 2.10. The first kappa shape index (κ1) is 13.8. The summed E-state index contributed by atoms with van der Waals surface area (Å²) in [6.07, 6.45) is 0.838. The van der Waals surface area contributed by atoms with E-state index in [4.69, 9.17) is 23.1 Å². The normalized spacial score (nSPS) is 21.9. The van der Waals surface area contributed by atoms with Gasteiger partial charge in [0.2, 0.25) is 0 Å². The van der Waals surface area contributed by atoms with Gasteiger partial charge in [-0.15, -0.1) is 0 Å². The molecular weight excluding hydrogens is 248 g/mol. The molecule has 4 N–H and O–H groups in total. The SMILES string of the molecule is CCC(C(N)=S)N1CCN(S(N)(=O)=O)CC1. The van der Waals surface area contributed by atoms with E-state index >= 15 is 0 Å². The average Bonchev–Trinajstić information content (AvgIpc) is 2.17. The first-order valence-electron chi connectivity index (χ1n) is 5.17. The van der Waals surface area contributed by atoms with Crippen LogP contribution in [0.1, 0.15) is 13.3 Å². The van der Waals surface area contributed by atoms with Gasteiger partial charge in [0.15, 0.2) is 0 Å². The van der Waals surface area contributed by atoms with Crippen LogP contribution in [0.5, 0.6) is 0 Å². The van der Waals surface area contributed by atoms with Crippen molar-refractivity contribution in [2.24, 2.45) is 10.9 Å². The molecule has 0 bridgehead atoms. The maximum Gasteiger partial charge on any atom is 0.276 e. The van der Waals surface area contributed by atoms with Gasteiger partial charge in [-0.3, -0.25) is 4.90 Å². The van der Waals surface area contributed by atoms with Gasteiger partial charge in [-0.2, -0.15) is 12.7 Å². The summed E-state index contributed by atoms with van der Waals surface area (Å²) in [4.78, 5) is 2.57. The van der Waals surface area contributed by atoms with Crippen LogP contribution in [-0.2, 0) is 10.2 Å². The zero-order chi connectivity index (χ0) is 12.3. The van der Waals surface area contributed by atoms with Crippen LogP contribution in [0.15, 0.2) is 0 Å². The molecule has 0 amide bonds. The van der Waals surface area contributed by atoms with E-state index in [1.165, 1.54) is 4.31 Å². The standard InChI is InChI=1S/C8H18N4O2S2/c1-2-7(8(9)15)11-3-5-12(6-4-11)16(10,13)14/h7H,2-6H2,1H3,(H2,9,15)(H2,10,13,14). The highest BCUT2D eigenvalue weighted by molar-refractivity contribution is 7.86. The first-order valence-corrected chi connectivity index (χ1v) is 7.08. The van der Waals surface area contributed by atoms with E-state index in [-0.39, 0.29) is 6.04 Å². The van der Waals surface area contributed by atoms with Crippen LogP contribution >= 0.6 is 12.2 Å². The Bertz CT molecular complexity index is 349. The lowest BCUT2D eigenvalue weighted by Crippen LogP contribution is -2.55. The maximum atomic E-state index is 11.1. The third-order valence-electron chi connectivity index (χ3n) is 2.79. The minimum Gasteiger partial charge on any atom is -0.392 e. The van der Waals surface area contributed by atoms with Crippen molar-refractivity contribution >= 4 is 27.4 Å². The molecule has 0 spiro atoms. The van der Waals surface area contributed by atoms with Gasteiger partial charge in [0.05, 0.1) is 11.0 Å². The molecule has 1 fully saturated rings. The summed E-state index contributed by atoms with van der Waals surface area (Å²) in [5.41, 5.74) is 5.63. The Balaban J connectivity index is 2.58. The fourth-order valence-corrected chi connectivity index (χ4v) is 2.90. The summed E-state index contributed by atoms with van der Waals surface area (Å²) in [6.45, 7) is 4.05. The average molecular weight is 266 g/mol. The second-order valence-electron chi connectivity index (χ2n) is 3.81. The molecule has 1 aliphatic rings. The summed E-state index contributed by atoms with van der Waals surface area (Å²) in [5.74, 6) is 0. The minimum atomic E-state index is -3.56. The summed E-state index contributed by atoms with van der Waals surface area (Å²) in [7, 11) is -3.56. The highest BCUT2D eigenvalue weighted by Gasteiger charge is 2.28. The van der Waals surface area contributed by atoms with Gasteiger partial charge < -0.3 is 5.73 Å². The molecule has 0 saturated carbocycles. The van der Waals surface area contributed by atoms with Gasteiger partial charge in [0.1, 0.15) is 0 Å². The van der Waals surface area contributed by atoms with Crippen LogP contribution in [-0.4, -0.2) is 54.8 Å². The molecule has 1 saturated heterocycles. The molecule has 94 valence electrons. The predicted molar refractivity (Wildman–Crippen MR) is 67.1 cm³/mol. The number of thiocarbonyl (C=S) groups is 1. The van der Waals surface area contributed by atoms with Crippen molar-refractivity contribution in [3.05, 3.63) is 0 Å². The van der Waals surface area contributed by atoms with Crippen molar-refractivity contribution in [3.8, 4) is 0 Å². The second-order valence-corrected chi connectivity index (χ2v) is 5.82. The van der Waals surface area contributed by atoms with Gasteiger partial charge in [0.25, 0.3) is 10.2 Å². The molecule has 0 aliphatic carbocycles. The van der Waals surface area contributed by atoms with E-state index in [1.54, 1.807) is 0 Å². The van der Waals surface area contributed by atoms with Gasteiger partial charge in [0, 0.05) is 26.2 Å². The monoisotopic (exact) mass is 266 g/mol. The maximum absolute atomic E-state index is 11.1. The first-order chi connectivity index (χ1) is 7.36. The summed E-state index contributed by atoms with van der Waals surface area (Å²) in [6, 6.07) is 0.0534. The number of hydrogen-bond donors (Lipinski definition) is 2. The van der Waals surface area contributed by atoms with E-state index in [0.29, 0.717) is 31.2 Å². The lowest BCUT2D eigenvalue weighted by molar-refractivity contribution is 0.165. The molecule has 1 aliphatic heterocycles. The van der Waals surface area contributed by atoms with Crippen LogP contribution in [0.25, 0.3) is 0 Å². The van der Waals surface area contributed by atoms with Crippen LogP contribution in [0.4, 0.5) is 0 Å². The Morgan fingerprint density at radius 3 is 2.19 bits per heavy atom. The highest BCUT2D eigenvalue weighted by atomic mass is 32.2.